The van der Waals surface area contributed by atoms with E-state index in [-0.39, 0.29) is 24.0 Å². The van der Waals surface area contributed by atoms with Crippen LogP contribution in [0.25, 0.3) is 0 Å². The summed E-state index contributed by atoms with van der Waals surface area (Å²) in [6.07, 6.45) is 6.53. The first-order chi connectivity index (χ1) is 12.5. The van der Waals surface area contributed by atoms with Gasteiger partial charge in [0.1, 0.15) is 0 Å². The van der Waals surface area contributed by atoms with E-state index in [0.717, 1.165) is 23.0 Å². The third-order valence-corrected chi connectivity index (χ3v) is 4.52. The average Bonchev–Trinajstić information content (AvgIpc) is 3.15. The van der Waals surface area contributed by atoms with Crippen LogP contribution in [0.4, 0.5) is 0 Å². The first-order valence-corrected chi connectivity index (χ1v) is 8.60. The zero-order chi connectivity index (χ0) is 18.5. The number of nitrogens with one attached hydrogen (secondary N) is 1. The second-order valence-electron chi connectivity index (χ2n) is 6.42. The molecule has 0 unspecified atom stereocenters. The number of amides is 1. The SMILES string of the molecule is Cn1c(=O)[nH]cc(CC(=O)N(Cc2ccncc2)C[C@H]2CCCO2)c1=O. The number of ether oxygens (including phenoxy) is 1. The standard InChI is InChI=1S/C18H22N4O4/c1-21-17(24)14(10-20-18(21)25)9-16(23)22(12-15-3-2-8-26-15)11-13-4-6-19-7-5-13/h4-7,10,15H,2-3,8-9,11-12H2,1H3,(H,20,25)/t15-/m1/s1. The molecule has 1 amide bonds. The zero-order valence-corrected chi connectivity index (χ0v) is 14.7. The Bertz CT molecular complexity index is 869. The molecule has 0 radical (unpaired) electrons. The molecule has 1 fully saturated rings. The second-order valence-corrected chi connectivity index (χ2v) is 6.42. The molecule has 0 saturated carbocycles. The van der Waals surface area contributed by atoms with Crippen molar-refractivity contribution >= 4 is 5.91 Å². The summed E-state index contributed by atoms with van der Waals surface area (Å²) in [6, 6.07) is 3.71. The van der Waals surface area contributed by atoms with Gasteiger partial charge in [0.15, 0.2) is 0 Å². The van der Waals surface area contributed by atoms with Gasteiger partial charge in [0.05, 0.1) is 12.5 Å². The number of hydrogen-bond donors (Lipinski definition) is 1. The van der Waals surface area contributed by atoms with Gasteiger partial charge < -0.3 is 14.6 Å². The molecular formula is C18H22N4O4. The van der Waals surface area contributed by atoms with Crippen LogP contribution in [-0.2, 0) is 29.5 Å². The van der Waals surface area contributed by atoms with E-state index in [1.165, 1.54) is 13.2 Å². The number of hydrogen-bond acceptors (Lipinski definition) is 5. The molecule has 3 rings (SSSR count). The summed E-state index contributed by atoms with van der Waals surface area (Å²) < 4.78 is 6.63. The maximum atomic E-state index is 12.9. The van der Waals surface area contributed by atoms with Crippen molar-refractivity contribution < 1.29 is 9.53 Å². The molecule has 1 atom stereocenters. The van der Waals surface area contributed by atoms with Crippen LogP contribution in [0.1, 0.15) is 24.0 Å². The average molecular weight is 358 g/mol. The minimum atomic E-state index is -0.501. The highest BCUT2D eigenvalue weighted by molar-refractivity contribution is 5.78. The number of aromatic nitrogens is 3. The Morgan fingerprint density at radius 2 is 2.15 bits per heavy atom. The van der Waals surface area contributed by atoms with Gasteiger partial charge in [0, 0.05) is 50.9 Å². The molecule has 26 heavy (non-hydrogen) atoms. The van der Waals surface area contributed by atoms with Crippen molar-refractivity contribution in [3.63, 3.8) is 0 Å². The van der Waals surface area contributed by atoms with E-state index in [0.29, 0.717) is 19.7 Å². The van der Waals surface area contributed by atoms with E-state index in [1.807, 2.05) is 12.1 Å². The molecule has 1 aliphatic rings. The lowest BCUT2D eigenvalue weighted by molar-refractivity contribution is -0.132. The number of aromatic amines is 1. The van der Waals surface area contributed by atoms with Gasteiger partial charge in [-0.2, -0.15) is 0 Å². The van der Waals surface area contributed by atoms with Crippen LogP contribution in [0.3, 0.4) is 0 Å². The summed E-state index contributed by atoms with van der Waals surface area (Å²) in [7, 11) is 1.39. The maximum absolute atomic E-state index is 12.9. The molecular weight excluding hydrogens is 336 g/mol. The van der Waals surface area contributed by atoms with Crippen molar-refractivity contribution in [3.05, 3.63) is 62.7 Å². The Balaban J connectivity index is 1.78. The Hall–Kier alpha value is -2.74. The Morgan fingerprint density at radius 3 is 2.85 bits per heavy atom. The van der Waals surface area contributed by atoms with Crippen molar-refractivity contribution in [2.45, 2.75) is 31.9 Å². The molecule has 1 aliphatic heterocycles. The number of carbonyl (C=O) groups excluding carboxylic acids is 1. The monoisotopic (exact) mass is 358 g/mol. The van der Waals surface area contributed by atoms with Crippen LogP contribution < -0.4 is 11.2 Å². The fourth-order valence-electron chi connectivity index (χ4n) is 3.01. The molecule has 8 heteroatoms. The summed E-state index contributed by atoms with van der Waals surface area (Å²) in [5, 5.41) is 0. The number of H-pyrrole nitrogens is 1. The minimum Gasteiger partial charge on any atom is -0.376 e. The number of nitrogens with zero attached hydrogens (tertiary/aromatic N) is 3. The van der Waals surface area contributed by atoms with Gasteiger partial charge in [-0.05, 0) is 30.5 Å². The van der Waals surface area contributed by atoms with Crippen LogP contribution in [0.5, 0.6) is 0 Å². The maximum Gasteiger partial charge on any atom is 0.328 e. The normalized spacial score (nSPS) is 16.6. The highest BCUT2D eigenvalue weighted by Gasteiger charge is 2.23. The quantitative estimate of drug-likeness (QED) is 0.797. The lowest BCUT2D eigenvalue weighted by Gasteiger charge is -2.25. The molecule has 2 aromatic heterocycles. The molecule has 3 heterocycles. The third-order valence-electron chi connectivity index (χ3n) is 4.52. The van der Waals surface area contributed by atoms with Gasteiger partial charge in [-0.1, -0.05) is 0 Å². The van der Waals surface area contributed by atoms with Crippen molar-refractivity contribution in [2.75, 3.05) is 13.2 Å². The first kappa shape index (κ1) is 18.1. The smallest absolute Gasteiger partial charge is 0.328 e. The molecule has 0 bridgehead atoms. The van der Waals surface area contributed by atoms with E-state index in [4.69, 9.17) is 4.74 Å². The second kappa shape index (κ2) is 8.09. The molecule has 1 saturated heterocycles. The summed E-state index contributed by atoms with van der Waals surface area (Å²) in [5.41, 5.74) is 0.271. The number of rotatable bonds is 6. The highest BCUT2D eigenvalue weighted by atomic mass is 16.5. The molecule has 138 valence electrons. The molecule has 0 aromatic carbocycles. The Kier molecular flexibility index (Phi) is 5.62. The molecule has 1 N–H and O–H groups in total. The van der Waals surface area contributed by atoms with Crippen molar-refractivity contribution in [3.8, 4) is 0 Å². The fourth-order valence-corrected chi connectivity index (χ4v) is 3.01. The van der Waals surface area contributed by atoms with Gasteiger partial charge in [0.2, 0.25) is 5.91 Å². The van der Waals surface area contributed by atoms with Gasteiger partial charge in [0.25, 0.3) is 5.56 Å². The van der Waals surface area contributed by atoms with Crippen molar-refractivity contribution in [1.29, 1.82) is 0 Å². The van der Waals surface area contributed by atoms with Crippen LogP contribution in [-0.4, -0.2) is 44.6 Å². The van der Waals surface area contributed by atoms with Crippen LogP contribution in [0.15, 0.2) is 40.3 Å². The molecule has 0 spiro atoms. The van der Waals surface area contributed by atoms with Crippen LogP contribution in [0.2, 0.25) is 0 Å². The summed E-state index contributed by atoms with van der Waals surface area (Å²) in [4.78, 5) is 44.7. The van der Waals surface area contributed by atoms with Crippen LogP contribution in [0, 0.1) is 0 Å². The predicted octanol–water partition coefficient (Wildman–Crippen LogP) is 0.219. The van der Waals surface area contributed by atoms with Crippen molar-refractivity contribution in [1.82, 2.24) is 19.4 Å². The lowest BCUT2D eigenvalue weighted by atomic mass is 10.1. The molecule has 8 nitrogen and oxygen atoms in total. The van der Waals surface area contributed by atoms with Crippen LogP contribution >= 0.6 is 0 Å². The Morgan fingerprint density at radius 1 is 1.38 bits per heavy atom. The topological polar surface area (TPSA) is 97.3 Å². The highest BCUT2D eigenvalue weighted by Crippen LogP contribution is 2.15. The van der Waals surface area contributed by atoms with Gasteiger partial charge in [-0.15, -0.1) is 0 Å². The Labute approximate surface area is 150 Å². The van der Waals surface area contributed by atoms with E-state index < -0.39 is 11.2 Å². The zero-order valence-electron chi connectivity index (χ0n) is 14.7. The van der Waals surface area contributed by atoms with E-state index in [1.54, 1.807) is 17.3 Å². The fraction of sp³-hybridized carbons (Fsp3) is 0.444. The third kappa shape index (κ3) is 4.26. The number of carbonyl (C=O) groups is 1. The van der Waals surface area contributed by atoms with Gasteiger partial charge in [-0.3, -0.25) is 19.1 Å². The van der Waals surface area contributed by atoms with Gasteiger partial charge in [-0.25, -0.2) is 4.79 Å². The van der Waals surface area contributed by atoms with E-state index in [2.05, 4.69) is 9.97 Å². The van der Waals surface area contributed by atoms with Gasteiger partial charge >= 0.3 is 5.69 Å². The van der Waals surface area contributed by atoms with E-state index in [9.17, 15) is 14.4 Å². The largest absolute Gasteiger partial charge is 0.376 e. The van der Waals surface area contributed by atoms with Crippen molar-refractivity contribution in [2.24, 2.45) is 7.05 Å². The number of pyridine rings is 1. The first-order valence-electron chi connectivity index (χ1n) is 8.60. The summed E-state index contributed by atoms with van der Waals surface area (Å²) in [6.45, 7) is 1.61. The predicted molar refractivity (Wildman–Crippen MR) is 94.6 cm³/mol. The summed E-state index contributed by atoms with van der Waals surface area (Å²) >= 11 is 0. The lowest BCUT2D eigenvalue weighted by Crippen LogP contribution is -2.40. The summed E-state index contributed by atoms with van der Waals surface area (Å²) in [5.74, 6) is -0.179. The van der Waals surface area contributed by atoms with E-state index >= 15 is 0 Å². The molecule has 0 aliphatic carbocycles. The minimum absolute atomic E-state index is 0.0131. The molecule has 2 aromatic rings.